The minimum atomic E-state index is -0.468. The first-order chi connectivity index (χ1) is 15.9. The predicted octanol–water partition coefficient (Wildman–Crippen LogP) is 6.59. The van der Waals surface area contributed by atoms with Gasteiger partial charge in [0.2, 0.25) is 0 Å². The van der Waals surface area contributed by atoms with Crippen LogP contribution < -0.4 is 14.8 Å². The van der Waals surface area contributed by atoms with Crippen LogP contribution in [0.1, 0.15) is 29.2 Å². The quantitative estimate of drug-likeness (QED) is 0.277. The second-order valence-corrected chi connectivity index (χ2v) is 8.33. The lowest BCUT2D eigenvalue weighted by Crippen LogP contribution is -2.14. The van der Waals surface area contributed by atoms with Crippen molar-refractivity contribution < 1.29 is 14.3 Å². The molecule has 0 aliphatic carbocycles. The number of anilines is 1. The Morgan fingerprint density at radius 2 is 1.85 bits per heavy atom. The van der Waals surface area contributed by atoms with Gasteiger partial charge in [0.15, 0.2) is 11.5 Å². The monoisotopic (exact) mass is 504 g/mol. The first kappa shape index (κ1) is 24.1. The average molecular weight is 505 g/mol. The summed E-state index contributed by atoms with van der Waals surface area (Å²) >= 11 is 3.54. The van der Waals surface area contributed by atoms with E-state index in [2.05, 4.69) is 21.2 Å². The highest BCUT2D eigenvalue weighted by Gasteiger charge is 2.15. The average Bonchev–Trinajstić information content (AvgIpc) is 2.80. The molecule has 0 aliphatic rings. The summed E-state index contributed by atoms with van der Waals surface area (Å²) in [6, 6.07) is 21.2. The van der Waals surface area contributed by atoms with Gasteiger partial charge >= 0.3 is 0 Å². The number of rotatable bonds is 8. The molecule has 0 saturated carbocycles. The molecule has 3 rings (SSSR count). The Morgan fingerprint density at radius 3 is 2.55 bits per heavy atom. The maximum absolute atomic E-state index is 12.8. The molecule has 3 aromatic carbocycles. The van der Waals surface area contributed by atoms with E-state index >= 15 is 0 Å². The zero-order valence-electron chi connectivity index (χ0n) is 18.8. The van der Waals surface area contributed by atoms with Gasteiger partial charge in [-0.1, -0.05) is 42.5 Å². The van der Waals surface area contributed by atoms with Crippen molar-refractivity contribution in [1.29, 1.82) is 5.26 Å². The molecule has 33 heavy (non-hydrogen) atoms. The normalized spacial score (nSPS) is 10.9. The first-order valence-corrected chi connectivity index (χ1v) is 11.3. The Labute approximate surface area is 202 Å². The van der Waals surface area contributed by atoms with E-state index < -0.39 is 5.91 Å². The smallest absolute Gasteiger partial charge is 0.266 e. The third-order valence-corrected chi connectivity index (χ3v) is 5.46. The molecule has 3 aromatic rings. The number of benzene rings is 3. The molecule has 0 heterocycles. The molecule has 0 saturated heterocycles. The molecule has 0 radical (unpaired) electrons. The number of carbonyl (C=O) groups is 1. The van der Waals surface area contributed by atoms with Gasteiger partial charge in [-0.3, -0.25) is 4.79 Å². The molecule has 0 spiro atoms. The number of carbonyl (C=O) groups excluding carboxylic acids is 1. The summed E-state index contributed by atoms with van der Waals surface area (Å²) in [4.78, 5) is 12.8. The number of amides is 1. The molecule has 0 bridgehead atoms. The van der Waals surface area contributed by atoms with Crippen LogP contribution in [0.4, 0.5) is 5.69 Å². The summed E-state index contributed by atoms with van der Waals surface area (Å²) in [6.07, 6.45) is 1.54. The Balaban J connectivity index is 1.86. The summed E-state index contributed by atoms with van der Waals surface area (Å²) in [6.45, 7) is 6.57. The molecule has 6 heteroatoms. The Morgan fingerprint density at radius 1 is 1.09 bits per heavy atom. The van der Waals surface area contributed by atoms with Crippen LogP contribution in [0.2, 0.25) is 0 Å². The van der Waals surface area contributed by atoms with Gasteiger partial charge in [0.1, 0.15) is 18.2 Å². The maximum Gasteiger partial charge on any atom is 0.266 e. The SMILES string of the molecule is CCOc1cc(/C=C(/C#N)C(=O)Nc2cc(C)ccc2C)cc(Br)c1OCc1ccccc1. The number of halogens is 1. The highest BCUT2D eigenvalue weighted by atomic mass is 79.9. The van der Waals surface area contributed by atoms with Gasteiger partial charge in [-0.25, -0.2) is 0 Å². The van der Waals surface area contributed by atoms with E-state index in [4.69, 9.17) is 9.47 Å². The van der Waals surface area contributed by atoms with E-state index in [-0.39, 0.29) is 5.57 Å². The van der Waals surface area contributed by atoms with Gasteiger partial charge < -0.3 is 14.8 Å². The number of ether oxygens (including phenoxy) is 2. The molecule has 0 aliphatic heterocycles. The molecule has 1 N–H and O–H groups in total. The third kappa shape index (κ3) is 6.47. The number of hydrogen-bond donors (Lipinski definition) is 1. The molecule has 1 amide bonds. The minimum absolute atomic E-state index is 0.0109. The minimum Gasteiger partial charge on any atom is -0.490 e. The fraction of sp³-hybridized carbons (Fsp3) is 0.185. The number of nitrogens with one attached hydrogen (secondary N) is 1. The number of aryl methyl sites for hydroxylation is 2. The molecule has 168 valence electrons. The highest BCUT2D eigenvalue weighted by molar-refractivity contribution is 9.10. The second-order valence-electron chi connectivity index (χ2n) is 7.48. The predicted molar refractivity (Wildman–Crippen MR) is 134 cm³/mol. The summed E-state index contributed by atoms with van der Waals surface area (Å²) < 4.78 is 12.5. The molecule has 0 atom stereocenters. The van der Waals surface area contributed by atoms with Crippen molar-refractivity contribution in [2.24, 2.45) is 0 Å². The van der Waals surface area contributed by atoms with Crippen molar-refractivity contribution in [2.45, 2.75) is 27.4 Å². The molecule has 0 aromatic heterocycles. The van der Waals surface area contributed by atoms with E-state index in [9.17, 15) is 10.1 Å². The summed E-state index contributed by atoms with van der Waals surface area (Å²) in [7, 11) is 0. The van der Waals surface area contributed by atoms with Gasteiger partial charge in [-0.05, 0) is 83.2 Å². The van der Waals surface area contributed by atoms with Crippen LogP contribution in [-0.4, -0.2) is 12.5 Å². The fourth-order valence-electron chi connectivity index (χ4n) is 3.18. The largest absolute Gasteiger partial charge is 0.490 e. The Bertz CT molecular complexity index is 1210. The zero-order valence-corrected chi connectivity index (χ0v) is 20.4. The van der Waals surface area contributed by atoms with Crippen LogP contribution in [0, 0.1) is 25.2 Å². The Hall–Kier alpha value is -3.56. The van der Waals surface area contributed by atoms with Crippen molar-refractivity contribution in [3.05, 3.63) is 93.0 Å². The lowest BCUT2D eigenvalue weighted by atomic mass is 10.1. The second kappa shape index (κ2) is 11.3. The summed E-state index contributed by atoms with van der Waals surface area (Å²) in [5, 5.41) is 12.4. The molecular weight excluding hydrogens is 480 g/mol. The van der Waals surface area contributed by atoms with Crippen LogP contribution in [0.15, 0.2) is 70.7 Å². The van der Waals surface area contributed by atoms with Crippen LogP contribution in [0.25, 0.3) is 6.08 Å². The van der Waals surface area contributed by atoms with Gasteiger partial charge in [0, 0.05) is 5.69 Å². The lowest BCUT2D eigenvalue weighted by Gasteiger charge is -2.15. The summed E-state index contributed by atoms with van der Waals surface area (Å²) in [5.74, 6) is 0.627. The maximum atomic E-state index is 12.8. The summed E-state index contributed by atoms with van der Waals surface area (Å²) in [5.41, 5.74) is 4.29. The van der Waals surface area contributed by atoms with Crippen LogP contribution in [0.5, 0.6) is 11.5 Å². The molecule has 0 unspecified atom stereocenters. The molecule has 0 fully saturated rings. The van der Waals surface area contributed by atoms with Gasteiger partial charge in [0.25, 0.3) is 5.91 Å². The molecular formula is C27H25BrN2O3. The first-order valence-electron chi connectivity index (χ1n) is 10.5. The number of nitrogens with zero attached hydrogens (tertiary/aromatic N) is 1. The van der Waals surface area contributed by atoms with Gasteiger partial charge in [0.05, 0.1) is 11.1 Å². The van der Waals surface area contributed by atoms with E-state index in [0.717, 1.165) is 16.7 Å². The van der Waals surface area contributed by atoms with Crippen molar-refractivity contribution in [3.63, 3.8) is 0 Å². The number of hydrogen-bond acceptors (Lipinski definition) is 4. The topological polar surface area (TPSA) is 71.3 Å². The van der Waals surface area contributed by atoms with Crippen LogP contribution in [-0.2, 0) is 11.4 Å². The van der Waals surface area contributed by atoms with Crippen molar-refractivity contribution >= 4 is 33.6 Å². The van der Waals surface area contributed by atoms with E-state index in [1.807, 2.05) is 75.4 Å². The zero-order chi connectivity index (χ0) is 23.8. The van der Waals surface area contributed by atoms with Crippen molar-refractivity contribution in [2.75, 3.05) is 11.9 Å². The van der Waals surface area contributed by atoms with E-state index in [0.29, 0.717) is 40.4 Å². The van der Waals surface area contributed by atoms with E-state index in [1.54, 1.807) is 12.1 Å². The Kier molecular flexibility index (Phi) is 8.28. The molecule has 5 nitrogen and oxygen atoms in total. The lowest BCUT2D eigenvalue weighted by molar-refractivity contribution is -0.112. The fourth-order valence-corrected chi connectivity index (χ4v) is 3.75. The highest BCUT2D eigenvalue weighted by Crippen LogP contribution is 2.38. The van der Waals surface area contributed by atoms with Gasteiger partial charge in [-0.15, -0.1) is 0 Å². The number of nitriles is 1. The standard InChI is InChI=1S/C27H25BrN2O3/c1-4-32-25-15-21(14-23(28)26(25)33-17-20-8-6-5-7-9-20)13-22(16-29)27(31)30-24-12-18(2)10-11-19(24)3/h5-15H,4,17H2,1-3H3,(H,30,31)/b22-13-. The van der Waals surface area contributed by atoms with Crippen LogP contribution >= 0.6 is 15.9 Å². The third-order valence-electron chi connectivity index (χ3n) is 4.88. The van der Waals surface area contributed by atoms with E-state index in [1.165, 1.54) is 6.08 Å². The van der Waals surface area contributed by atoms with Crippen LogP contribution in [0.3, 0.4) is 0 Å². The van der Waals surface area contributed by atoms with Crippen molar-refractivity contribution in [1.82, 2.24) is 0 Å². The van der Waals surface area contributed by atoms with Gasteiger partial charge in [-0.2, -0.15) is 5.26 Å². The van der Waals surface area contributed by atoms with Crippen molar-refractivity contribution in [3.8, 4) is 17.6 Å².